The highest BCUT2D eigenvalue weighted by Crippen LogP contribution is 3.02. The summed E-state index contributed by atoms with van der Waals surface area (Å²) in [7, 11) is -9.78. The van der Waals surface area contributed by atoms with E-state index in [2.05, 4.69) is 0 Å². The van der Waals surface area contributed by atoms with Crippen LogP contribution in [0.5, 0.6) is 0 Å². The van der Waals surface area contributed by atoms with Gasteiger partial charge in [0, 0.05) is 11.3 Å². The molecule has 0 amide bonds. The van der Waals surface area contributed by atoms with E-state index in [1.807, 2.05) is 0 Å². The number of rotatable bonds is 4. The Kier molecular flexibility index (Phi) is 3.84. The second kappa shape index (κ2) is 5.10. The quantitative estimate of drug-likeness (QED) is 0.424. The van der Waals surface area contributed by atoms with Gasteiger partial charge in [0.15, 0.2) is 0 Å². The number of carbonyl (C=O) groups excluding carboxylic acids is 1. The topological polar surface area (TPSA) is 52.3 Å². The number of hydrogen-bond donors (Lipinski definition) is 1. The summed E-state index contributed by atoms with van der Waals surface area (Å²) < 4.78 is 69.3. The van der Waals surface area contributed by atoms with Crippen LogP contribution >= 0.6 is 10.2 Å². The maximum absolute atomic E-state index is 12.9. The predicted molar refractivity (Wildman–Crippen MR) is 83.6 cm³/mol. The third kappa shape index (κ3) is 3.97. The summed E-state index contributed by atoms with van der Waals surface area (Å²) in [6, 6.07) is 6.57. The third-order valence-electron chi connectivity index (χ3n) is 3.15. The predicted octanol–water partition coefficient (Wildman–Crippen LogP) is 5.77. The molecule has 0 atom stereocenters. The molecule has 2 aromatic carbocycles. The minimum atomic E-state index is -9.78. The first-order chi connectivity index (χ1) is 10.8. The van der Waals surface area contributed by atoms with Crippen molar-refractivity contribution in [3.05, 3.63) is 48.0 Å². The van der Waals surface area contributed by atoms with E-state index < -0.39 is 21.1 Å². The first-order valence-corrected chi connectivity index (χ1v) is 8.68. The van der Waals surface area contributed by atoms with Crippen molar-refractivity contribution in [1.29, 1.82) is 0 Å². The van der Waals surface area contributed by atoms with Crippen LogP contribution in [-0.4, -0.2) is 12.6 Å². The molecule has 24 heavy (non-hydrogen) atoms. The summed E-state index contributed by atoms with van der Waals surface area (Å²) in [4.78, 5) is 9.59. The van der Waals surface area contributed by atoms with E-state index in [9.17, 15) is 24.2 Å². The smallest absolute Gasteiger partial charge is 0.338 e. The lowest BCUT2D eigenvalue weighted by Gasteiger charge is -2.40. The van der Waals surface area contributed by atoms with Crippen LogP contribution < -0.4 is 5.73 Å². The molecule has 2 aromatic rings. The van der Waals surface area contributed by atoms with E-state index in [1.165, 1.54) is 24.3 Å². The molecular formula is C15H14F5NO2S. The molecule has 0 aliphatic heterocycles. The number of carbonyl (C=O) groups is 1. The highest BCUT2D eigenvalue weighted by atomic mass is 32.5. The highest BCUT2D eigenvalue weighted by molar-refractivity contribution is 8.45. The Morgan fingerprint density at radius 1 is 1.08 bits per heavy atom. The molecule has 3 nitrogen and oxygen atoms in total. The normalized spacial score (nSPS) is 14.6. The van der Waals surface area contributed by atoms with E-state index in [4.69, 9.17) is 10.5 Å². The molecule has 0 saturated heterocycles. The SMILES string of the molecule is CCOC(=O)c1ccc(-c2cccc(S(F)(F)(F)(F)F)c2)c(N)c1. The van der Waals surface area contributed by atoms with Gasteiger partial charge in [-0.2, -0.15) is 0 Å². The largest absolute Gasteiger partial charge is 0.462 e. The number of esters is 1. The number of benzene rings is 2. The van der Waals surface area contributed by atoms with Gasteiger partial charge < -0.3 is 10.5 Å². The lowest BCUT2D eigenvalue weighted by molar-refractivity contribution is 0.0526. The lowest BCUT2D eigenvalue weighted by Crippen LogP contribution is -2.07. The molecule has 2 N–H and O–H groups in total. The summed E-state index contributed by atoms with van der Waals surface area (Å²) >= 11 is 0. The Hall–Kier alpha value is -2.29. The number of anilines is 1. The average Bonchev–Trinajstić information content (AvgIpc) is 2.45. The molecule has 9 heteroatoms. The molecule has 0 saturated carbocycles. The first kappa shape index (κ1) is 18.1. The van der Waals surface area contributed by atoms with E-state index in [0.717, 1.165) is 6.07 Å². The Morgan fingerprint density at radius 2 is 1.75 bits per heavy atom. The first-order valence-electron chi connectivity index (χ1n) is 6.73. The van der Waals surface area contributed by atoms with Gasteiger partial charge in [0.25, 0.3) is 0 Å². The van der Waals surface area contributed by atoms with Gasteiger partial charge >= 0.3 is 16.2 Å². The van der Waals surface area contributed by atoms with Gasteiger partial charge in [0.1, 0.15) is 4.90 Å². The minimum Gasteiger partial charge on any atom is -0.462 e. The van der Waals surface area contributed by atoms with Crippen molar-refractivity contribution in [2.24, 2.45) is 0 Å². The molecule has 2 rings (SSSR count). The Labute approximate surface area is 134 Å². The number of nitrogens with two attached hydrogens (primary N) is 1. The molecule has 0 unspecified atom stereocenters. The molecule has 0 radical (unpaired) electrons. The maximum atomic E-state index is 12.9. The summed E-state index contributed by atoms with van der Waals surface area (Å²) in [6.45, 7) is 1.76. The summed E-state index contributed by atoms with van der Waals surface area (Å²) in [5.74, 6) is -0.642. The number of ether oxygens (including phenoxy) is 1. The second-order valence-electron chi connectivity index (χ2n) is 5.02. The number of halogens is 5. The van der Waals surface area contributed by atoms with Gasteiger partial charge in [-0.15, -0.1) is 0 Å². The summed E-state index contributed by atoms with van der Waals surface area (Å²) in [5.41, 5.74) is 5.80. The van der Waals surface area contributed by atoms with Crippen LogP contribution in [0.25, 0.3) is 11.1 Å². The molecule has 0 heterocycles. The van der Waals surface area contributed by atoms with Crippen LogP contribution in [-0.2, 0) is 4.74 Å². The van der Waals surface area contributed by atoms with E-state index in [-0.39, 0.29) is 29.0 Å². The van der Waals surface area contributed by atoms with Crippen molar-refractivity contribution >= 4 is 21.9 Å². The number of hydrogen-bond acceptors (Lipinski definition) is 3. The molecule has 0 bridgehead atoms. The Morgan fingerprint density at radius 3 is 2.29 bits per heavy atom. The minimum absolute atomic E-state index is 0.0279. The summed E-state index contributed by atoms with van der Waals surface area (Å²) in [6.07, 6.45) is 0. The van der Waals surface area contributed by atoms with Crippen LogP contribution in [0, 0.1) is 0 Å². The van der Waals surface area contributed by atoms with Crippen molar-refractivity contribution in [2.75, 3.05) is 12.3 Å². The Balaban J connectivity index is 2.49. The third-order valence-corrected chi connectivity index (χ3v) is 4.30. The van der Waals surface area contributed by atoms with Crippen molar-refractivity contribution in [1.82, 2.24) is 0 Å². The molecule has 0 aliphatic carbocycles. The molecule has 0 spiro atoms. The number of nitrogen functional groups attached to an aromatic ring is 1. The lowest BCUT2D eigenvalue weighted by atomic mass is 10.0. The van der Waals surface area contributed by atoms with Gasteiger partial charge in [0.05, 0.1) is 12.2 Å². The molecule has 132 valence electrons. The van der Waals surface area contributed by atoms with Crippen molar-refractivity contribution < 1.29 is 29.0 Å². The van der Waals surface area contributed by atoms with E-state index >= 15 is 0 Å². The average molecular weight is 367 g/mol. The van der Waals surface area contributed by atoms with Crippen LogP contribution in [0.3, 0.4) is 0 Å². The zero-order chi connectivity index (χ0) is 18.2. The van der Waals surface area contributed by atoms with Gasteiger partial charge in [-0.1, -0.05) is 37.6 Å². The van der Waals surface area contributed by atoms with E-state index in [0.29, 0.717) is 12.1 Å². The van der Waals surface area contributed by atoms with Crippen LogP contribution in [0.4, 0.5) is 25.1 Å². The highest BCUT2D eigenvalue weighted by Gasteiger charge is 2.65. The van der Waals surface area contributed by atoms with Crippen molar-refractivity contribution in [3.63, 3.8) is 0 Å². The molecule has 0 fully saturated rings. The van der Waals surface area contributed by atoms with Gasteiger partial charge in [-0.25, -0.2) is 4.79 Å². The zero-order valence-electron chi connectivity index (χ0n) is 12.4. The molecule has 0 aliphatic rings. The van der Waals surface area contributed by atoms with Crippen LogP contribution in [0.2, 0.25) is 0 Å². The second-order valence-corrected chi connectivity index (χ2v) is 7.43. The van der Waals surface area contributed by atoms with Crippen LogP contribution in [0.1, 0.15) is 17.3 Å². The fourth-order valence-corrected chi connectivity index (χ4v) is 2.76. The standard InChI is InChI=1S/C15H14F5NO2S/c1-2-23-15(22)11-6-7-13(14(21)9-11)10-4-3-5-12(8-10)24(16,17,18,19)20/h3-9H,2,21H2,1H3. The monoisotopic (exact) mass is 367 g/mol. The Bertz CT molecular complexity index is 806. The summed E-state index contributed by atoms with van der Waals surface area (Å²) in [5, 5.41) is 0. The zero-order valence-corrected chi connectivity index (χ0v) is 13.3. The molecular weight excluding hydrogens is 353 g/mol. The van der Waals surface area contributed by atoms with Crippen molar-refractivity contribution in [2.45, 2.75) is 11.8 Å². The van der Waals surface area contributed by atoms with Crippen molar-refractivity contribution in [3.8, 4) is 11.1 Å². The van der Waals surface area contributed by atoms with Gasteiger partial charge in [-0.3, -0.25) is 0 Å². The maximum Gasteiger partial charge on any atom is 0.338 e. The fraction of sp³-hybridized carbons (Fsp3) is 0.133. The van der Waals surface area contributed by atoms with Gasteiger partial charge in [-0.05, 0) is 36.8 Å². The molecule has 0 aromatic heterocycles. The van der Waals surface area contributed by atoms with Gasteiger partial charge in [0.2, 0.25) is 0 Å². The van der Waals surface area contributed by atoms with E-state index in [1.54, 1.807) is 6.92 Å². The van der Waals surface area contributed by atoms with Crippen LogP contribution in [0.15, 0.2) is 47.4 Å². The fourth-order valence-electron chi connectivity index (χ4n) is 2.07.